The number of hydrogen-bond donors (Lipinski definition) is 1. The molecule has 138 valence electrons. The van der Waals surface area contributed by atoms with Crippen LogP contribution in [0.25, 0.3) is 0 Å². The molecule has 0 bridgehead atoms. The molecule has 2 aromatic rings. The van der Waals surface area contributed by atoms with Crippen LogP contribution in [0.2, 0.25) is 0 Å². The number of nitrogens with one attached hydrogen (secondary N) is 1. The van der Waals surface area contributed by atoms with Gasteiger partial charge in [-0.1, -0.05) is 18.2 Å². The molecule has 6 nitrogen and oxygen atoms in total. The van der Waals surface area contributed by atoms with Gasteiger partial charge in [0.15, 0.2) is 9.84 Å². The minimum atomic E-state index is -3.24. The zero-order chi connectivity index (χ0) is 18.9. The number of ether oxygens (including phenoxy) is 1. The average molecular weight is 374 g/mol. The molecular formula is C19H22N2O4S. The molecule has 0 radical (unpaired) electrons. The predicted octanol–water partition coefficient (Wildman–Crippen LogP) is 3.00. The summed E-state index contributed by atoms with van der Waals surface area (Å²) in [5, 5.41) is 2.77. The third-order valence-electron chi connectivity index (χ3n) is 4.36. The van der Waals surface area contributed by atoms with E-state index in [2.05, 4.69) is 5.32 Å². The van der Waals surface area contributed by atoms with Crippen LogP contribution in [0.3, 0.4) is 0 Å². The van der Waals surface area contributed by atoms with Crippen molar-refractivity contribution in [3.05, 3.63) is 53.6 Å². The second-order valence-electron chi connectivity index (χ2n) is 6.59. The maximum absolute atomic E-state index is 12.2. The van der Waals surface area contributed by atoms with Crippen LogP contribution in [-0.4, -0.2) is 44.8 Å². The Labute approximate surface area is 153 Å². The number of para-hydroxylation sites is 1. The van der Waals surface area contributed by atoms with Crippen molar-refractivity contribution in [2.75, 3.05) is 24.7 Å². The van der Waals surface area contributed by atoms with Gasteiger partial charge in [0.2, 0.25) is 0 Å². The molecule has 1 fully saturated rings. The molecule has 1 N–H and O–H groups in total. The zero-order valence-corrected chi connectivity index (χ0v) is 15.8. The topological polar surface area (TPSA) is 75.7 Å². The standard InChI is InChI=1S/C19H22N2O4S/c1-13-5-4-6-14(2)18(13)25-16-11-21(12-16)19(22)20-15-7-9-17(10-8-15)26(3,23)24/h4-10,16H,11-12H2,1-3H3,(H,20,22). The molecule has 2 amide bonds. The molecule has 0 aliphatic carbocycles. The summed E-state index contributed by atoms with van der Waals surface area (Å²) in [5.74, 6) is 0.883. The van der Waals surface area contributed by atoms with Crippen LogP contribution in [0.15, 0.2) is 47.4 Å². The van der Waals surface area contributed by atoms with Crippen LogP contribution in [0.1, 0.15) is 11.1 Å². The van der Waals surface area contributed by atoms with Gasteiger partial charge in [-0.2, -0.15) is 0 Å². The van der Waals surface area contributed by atoms with Crippen LogP contribution < -0.4 is 10.1 Å². The monoisotopic (exact) mass is 374 g/mol. The lowest BCUT2D eigenvalue weighted by Gasteiger charge is -2.39. The highest BCUT2D eigenvalue weighted by Gasteiger charge is 2.32. The van der Waals surface area contributed by atoms with E-state index in [0.29, 0.717) is 18.8 Å². The Kier molecular flexibility index (Phi) is 4.91. The fourth-order valence-electron chi connectivity index (χ4n) is 2.82. The fraction of sp³-hybridized carbons (Fsp3) is 0.316. The maximum Gasteiger partial charge on any atom is 0.322 e. The van der Waals surface area contributed by atoms with Gasteiger partial charge < -0.3 is 15.0 Å². The van der Waals surface area contributed by atoms with E-state index in [1.807, 2.05) is 32.0 Å². The first-order valence-electron chi connectivity index (χ1n) is 8.33. The number of carbonyl (C=O) groups excluding carboxylic acids is 1. The van der Waals surface area contributed by atoms with Crippen LogP contribution >= 0.6 is 0 Å². The van der Waals surface area contributed by atoms with Gasteiger partial charge in [0.1, 0.15) is 11.9 Å². The lowest BCUT2D eigenvalue weighted by Crippen LogP contribution is -2.57. The summed E-state index contributed by atoms with van der Waals surface area (Å²) in [6, 6.07) is 11.9. The van der Waals surface area contributed by atoms with Gasteiger partial charge in [0.05, 0.1) is 18.0 Å². The minimum absolute atomic E-state index is 0.0202. The molecule has 1 aliphatic rings. The Hall–Kier alpha value is -2.54. The van der Waals surface area contributed by atoms with E-state index in [1.165, 1.54) is 12.1 Å². The number of aryl methyl sites for hydroxylation is 2. The Morgan fingerprint density at radius 3 is 2.19 bits per heavy atom. The van der Waals surface area contributed by atoms with Crippen LogP contribution in [-0.2, 0) is 9.84 Å². The number of carbonyl (C=O) groups is 1. The van der Waals surface area contributed by atoms with Gasteiger partial charge in [-0.3, -0.25) is 0 Å². The van der Waals surface area contributed by atoms with Crippen molar-refractivity contribution < 1.29 is 17.9 Å². The van der Waals surface area contributed by atoms with Crippen molar-refractivity contribution in [3.8, 4) is 5.75 Å². The number of likely N-dealkylation sites (tertiary alicyclic amines) is 1. The molecule has 0 unspecified atom stereocenters. The maximum atomic E-state index is 12.2. The Morgan fingerprint density at radius 2 is 1.65 bits per heavy atom. The smallest absolute Gasteiger partial charge is 0.322 e. The van der Waals surface area contributed by atoms with Crippen molar-refractivity contribution in [3.63, 3.8) is 0 Å². The highest BCUT2D eigenvalue weighted by Crippen LogP contribution is 2.26. The minimum Gasteiger partial charge on any atom is -0.486 e. The summed E-state index contributed by atoms with van der Waals surface area (Å²) in [7, 11) is -3.24. The number of nitrogens with zero attached hydrogens (tertiary/aromatic N) is 1. The molecule has 1 aliphatic heterocycles. The van der Waals surface area contributed by atoms with Gasteiger partial charge >= 0.3 is 6.03 Å². The summed E-state index contributed by atoms with van der Waals surface area (Å²) in [4.78, 5) is 14.1. The summed E-state index contributed by atoms with van der Waals surface area (Å²) >= 11 is 0. The molecule has 0 atom stereocenters. The molecule has 0 spiro atoms. The third-order valence-corrected chi connectivity index (χ3v) is 5.49. The molecule has 1 saturated heterocycles. The molecule has 0 saturated carbocycles. The number of amides is 2. The Morgan fingerprint density at radius 1 is 1.08 bits per heavy atom. The molecule has 7 heteroatoms. The number of urea groups is 1. The van der Waals surface area contributed by atoms with Gasteiger partial charge in [-0.15, -0.1) is 0 Å². The van der Waals surface area contributed by atoms with Crippen molar-refractivity contribution in [1.82, 2.24) is 4.90 Å². The number of hydrogen-bond acceptors (Lipinski definition) is 4. The first-order valence-corrected chi connectivity index (χ1v) is 10.2. The third kappa shape index (κ3) is 3.99. The van der Waals surface area contributed by atoms with Crippen LogP contribution in [0.5, 0.6) is 5.75 Å². The Balaban J connectivity index is 1.54. The molecule has 2 aromatic carbocycles. The van der Waals surface area contributed by atoms with Gasteiger partial charge in [0.25, 0.3) is 0 Å². The lowest BCUT2D eigenvalue weighted by molar-refractivity contribution is 0.0483. The highest BCUT2D eigenvalue weighted by atomic mass is 32.2. The Bertz CT molecular complexity index is 897. The molecule has 26 heavy (non-hydrogen) atoms. The fourth-order valence-corrected chi connectivity index (χ4v) is 3.45. The predicted molar refractivity (Wildman–Crippen MR) is 100 cm³/mol. The van der Waals surface area contributed by atoms with E-state index < -0.39 is 9.84 Å². The SMILES string of the molecule is Cc1cccc(C)c1OC1CN(C(=O)Nc2ccc(S(C)(=O)=O)cc2)C1. The molecule has 3 rings (SSSR count). The molecule has 0 aromatic heterocycles. The van der Waals surface area contributed by atoms with Crippen LogP contribution in [0, 0.1) is 13.8 Å². The second kappa shape index (κ2) is 6.99. The summed E-state index contributed by atoms with van der Waals surface area (Å²) < 4.78 is 28.9. The molecular weight excluding hydrogens is 352 g/mol. The van der Waals surface area contributed by atoms with E-state index >= 15 is 0 Å². The van der Waals surface area contributed by atoms with E-state index in [9.17, 15) is 13.2 Å². The van der Waals surface area contributed by atoms with E-state index in [0.717, 1.165) is 23.1 Å². The first kappa shape index (κ1) is 18.3. The normalized spacial score (nSPS) is 14.7. The average Bonchev–Trinajstić information content (AvgIpc) is 2.52. The molecule has 1 heterocycles. The van der Waals surface area contributed by atoms with E-state index in [1.54, 1.807) is 17.0 Å². The number of anilines is 1. The zero-order valence-electron chi connectivity index (χ0n) is 15.0. The number of sulfone groups is 1. The van der Waals surface area contributed by atoms with E-state index in [-0.39, 0.29) is 17.0 Å². The van der Waals surface area contributed by atoms with E-state index in [4.69, 9.17) is 4.74 Å². The van der Waals surface area contributed by atoms with Crippen molar-refractivity contribution in [2.45, 2.75) is 24.8 Å². The number of benzene rings is 2. The van der Waals surface area contributed by atoms with Crippen molar-refractivity contribution in [1.29, 1.82) is 0 Å². The van der Waals surface area contributed by atoms with Gasteiger partial charge in [-0.05, 0) is 49.2 Å². The summed E-state index contributed by atoms with van der Waals surface area (Å²) in [6.45, 7) is 5.04. The first-order chi connectivity index (χ1) is 12.2. The lowest BCUT2D eigenvalue weighted by atomic mass is 10.1. The van der Waals surface area contributed by atoms with Gasteiger partial charge in [-0.25, -0.2) is 13.2 Å². The number of rotatable bonds is 4. The van der Waals surface area contributed by atoms with Gasteiger partial charge in [0, 0.05) is 11.9 Å². The quantitative estimate of drug-likeness (QED) is 0.893. The summed E-state index contributed by atoms with van der Waals surface area (Å²) in [5.41, 5.74) is 2.72. The second-order valence-corrected chi connectivity index (χ2v) is 8.61. The largest absolute Gasteiger partial charge is 0.486 e. The highest BCUT2D eigenvalue weighted by molar-refractivity contribution is 7.90. The summed E-state index contributed by atoms with van der Waals surface area (Å²) in [6.07, 6.45) is 1.13. The van der Waals surface area contributed by atoms with Crippen molar-refractivity contribution in [2.24, 2.45) is 0 Å². The van der Waals surface area contributed by atoms with Crippen molar-refractivity contribution >= 4 is 21.6 Å². The van der Waals surface area contributed by atoms with Crippen LogP contribution in [0.4, 0.5) is 10.5 Å².